The molecule has 1 amide bonds. The van der Waals surface area contributed by atoms with E-state index in [0.29, 0.717) is 18.7 Å². The molecule has 0 N–H and O–H groups in total. The lowest BCUT2D eigenvalue weighted by Gasteiger charge is -2.28. The largest absolute Gasteiger partial charge is 0.468 e. The molecule has 0 unspecified atom stereocenters. The van der Waals surface area contributed by atoms with E-state index >= 15 is 0 Å². The molecule has 2 aromatic carbocycles. The van der Waals surface area contributed by atoms with Gasteiger partial charge in [0.05, 0.1) is 18.1 Å². The summed E-state index contributed by atoms with van der Waals surface area (Å²) in [5.74, 6) is -0.510. The molecule has 0 bridgehead atoms. The number of esters is 1. The summed E-state index contributed by atoms with van der Waals surface area (Å²) in [6.45, 7) is 0.555. The van der Waals surface area contributed by atoms with Gasteiger partial charge in [0.25, 0.3) is 5.91 Å². The zero-order chi connectivity index (χ0) is 20.0. The van der Waals surface area contributed by atoms with Crippen molar-refractivity contribution in [2.45, 2.75) is 13.0 Å². The Morgan fingerprint density at radius 2 is 1.93 bits per heavy atom. The maximum Gasteiger partial charge on any atom is 0.325 e. The van der Waals surface area contributed by atoms with Gasteiger partial charge in [-0.2, -0.15) is 0 Å². The van der Waals surface area contributed by atoms with Crippen LogP contribution >= 0.6 is 0 Å². The molecule has 5 rings (SSSR count). The number of para-hydroxylation sites is 1. The fourth-order valence-electron chi connectivity index (χ4n) is 4.21. The van der Waals surface area contributed by atoms with E-state index in [-0.39, 0.29) is 12.5 Å². The van der Waals surface area contributed by atoms with Gasteiger partial charge in [-0.05, 0) is 30.2 Å². The minimum Gasteiger partial charge on any atom is -0.468 e. The Morgan fingerprint density at radius 1 is 1.10 bits per heavy atom. The van der Waals surface area contributed by atoms with E-state index in [4.69, 9.17) is 4.74 Å². The van der Waals surface area contributed by atoms with Gasteiger partial charge in [0.2, 0.25) is 0 Å². The molecule has 4 aromatic rings. The highest BCUT2D eigenvalue weighted by Crippen LogP contribution is 2.35. The molecule has 6 nitrogen and oxygen atoms in total. The first-order chi connectivity index (χ1) is 14.2. The minimum absolute atomic E-state index is 0.0353. The summed E-state index contributed by atoms with van der Waals surface area (Å²) in [6.07, 6.45) is 2.44. The molecule has 144 valence electrons. The van der Waals surface area contributed by atoms with E-state index in [1.807, 2.05) is 54.6 Å². The summed E-state index contributed by atoms with van der Waals surface area (Å²) in [7, 11) is 1.36. The number of benzene rings is 2. The molecular formula is C23H19N3O3. The summed E-state index contributed by atoms with van der Waals surface area (Å²) in [6, 6.07) is 17.5. The zero-order valence-electron chi connectivity index (χ0n) is 16.0. The molecule has 0 spiro atoms. The molecule has 6 heteroatoms. The standard InChI is InChI=1S/C23H19N3O3/c1-29-19(27)14-26-21-17(10-9-15-6-5-12-24-20(15)21)18-11-13-25(23(28)22(18)26)16-7-3-2-4-8-16/h2-10,12H,11,13-14H2,1H3. The van der Waals surface area contributed by atoms with E-state index in [9.17, 15) is 9.59 Å². The molecule has 1 aliphatic heterocycles. The van der Waals surface area contributed by atoms with Crippen molar-refractivity contribution in [3.63, 3.8) is 0 Å². The van der Waals surface area contributed by atoms with Crippen LogP contribution in [0.4, 0.5) is 5.69 Å². The molecule has 0 radical (unpaired) electrons. The van der Waals surface area contributed by atoms with Crippen molar-refractivity contribution in [2.75, 3.05) is 18.6 Å². The Morgan fingerprint density at radius 3 is 2.72 bits per heavy atom. The third-order valence-corrected chi connectivity index (χ3v) is 5.51. The monoisotopic (exact) mass is 385 g/mol. The topological polar surface area (TPSA) is 64.4 Å². The number of carbonyl (C=O) groups excluding carboxylic acids is 2. The van der Waals surface area contributed by atoms with Crippen LogP contribution in [0, 0.1) is 0 Å². The lowest BCUT2D eigenvalue weighted by atomic mass is 10.0. The normalized spacial score (nSPS) is 13.7. The number of nitrogens with zero attached hydrogens (tertiary/aromatic N) is 3. The molecule has 0 atom stereocenters. The van der Waals surface area contributed by atoms with Crippen LogP contribution in [-0.4, -0.2) is 35.1 Å². The molecule has 29 heavy (non-hydrogen) atoms. The predicted molar refractivity (Wildman–Crippen MR) is 111 cm³/mol. The molecule has 0 fully saturated rings. The second-order valence-electron chi connectivity index (χ2n) is 7.07. The summed E-state index contributed by atoms with van der Waals surface area (Å²) >= 11 is 0. The number of hydrogen-bond donors (Lipinski definition) is 0. The zero-order valence-corrected chi connectivity index (χ0v) is 16.0. The smallest absolute Gasteiger partial charge is 0.325 e. The van der Waals surface area contributed by atoms with Gasteiger partial charge in [-0.1, -0.05) is 36.4 Å². The van der Waals surface area contributed by atoms with Crippen molar-refractivity contribution < 1.29 is 14.3 Å². The van der Waals surface area contributed by atoms with Gasteiger partial charge in [0.15, 0.2) is 0 Å². The summed E-state index contributed by atoms with van der Waals surface area (Å²) in [4.78, 5) is 32.1. The molecule has 3 heterocycles. The van der Waals surface area contributed by atoms with E-state index < -0.39 is 5.97 Å². The van der Waals surface area contributed by atoms with E-state index in [1.54, 1.807) is 15.7 Å². The molecule has 0 saturated heterocycles. The van der Waals surface area contributed by atoms with Crippen molar-refractivity contribution in [3.8, 4) is 0 Å². The number of carbonyl (C=O) groups is 2. The first-order valence-corrected chi connectivity index (χ1v) is 9.51. The third-order valence-electron chi connectivity index (χ3n) is 5.51. The van der Waals surface area contributed by atoms with Crippen LogP contribution in [0.25, 0.3) is 21.8 Å². The number of pyridine rings is 1. The highest BCUT2D eigenvalue weighted by molar-refractivity contribution is 6.15. The van der Waals surface area contributed by atoms with Gasteiger partial charge < -0.3 is 14.2 Å². The van der Waals surface area contributed by atoms with Crippen molar-refractivity contribution in [1.29, 1.82) is 0 Å². The highest BCUT2D eigenvalue weighted by atomic mass is 16.5. The predicted octanol–water partition coefficient (Wildman–Crippen LogP) is 3.57. The van der Waals surface area contributed by atoms with Gasteiger partial charge in [-0.3, -0.25) is 14.6 Å². The van der Waals surface area contributed by atoms with Gasteiger partial charge in [-0.25, -0.2) is 0 Å². The number of rotatable bonds is 3. The van der Waals surface area contributed by atoms with Crippen molar-refractivity contribution >= 4 is 39.4 Å². The first-order valence-electron chi connectivity index (χ1n) is 9.51. The number of ether oxygens (including phenoxy) is 1. The van der Waals surface area contributed by atoms with Gasteiger partial charge >= 0.3 is 5.97 Å². The van der Waals surface area contributed by atoms with Crippen molar-refractivity contribution in [1.82, 2.24) is 9.55 Å². The maximum atomic E-state index is 13.5. The summed E-state index contributed by atoms with van der Waals surface area (Å²) < 4.78 is 6.70. The number of aromatic nitrogens is 2. The fourth-order valence-corrected chi connectivity index (χ4v) is 4.21. The fraction of sp³-hybridized carbons (Fsp3) is 0.174. The average Bonchev–Trinajstić information content (AvgIpc) is 3.09. The number of amides is 1. The molecule has 2 aromatic heterocycles. The molecular weight excluding hydrogens is 366 g/mol. The summed E-state index contributed by atoms with van der Waals surface area (Å²) in [5, 5.41) is 1.93. The first kappa shape index (κ1) is 17.4. The second kappa shape index (κ2) is 6.74. The van der Waals surface area contributed by atoms with Crippen LogP contribution in [0.2, 0.25) is 0 Å². The van der Waals surface area contributed by atoms with Crippen LogP contribution in [0.5, 0.6) is 0 Å². The Bertz CT molecular complexity index is 1260. The van der Waals surface area contributed by atoms with Crippen LogP contribution in [0.1, 0.15) is 16.1 Å². The van der Waals surface area contributed by atoms with Gasteiger partial charge in [0.1, 0.15) is 12.2 Å². The van der Waals surface area contributed by atoms with Crippen LogP contribution in [-0.2, 0) is 22.5 Å². The highest BCUT2D eigenvalue weighted by Gasteiger charge is 2.33. The number of methoxy groups -OCH3 is 1. The lowest BCUT2D eigenvalue weighted by molar-refractivity contribution is -0.141. The van der Waals surface area contributed by atoms with Gasteiger partial charge in [-0.15, -0.1) is 0 Å². The SMILES string of the molecule is COC(=O)Cn1c2c(c3ccc4cccnc4c31)CCN(c1ccccc1)C2=O. The quantitative estimate of drug-likeness (QED) is 0.506. The van der Waals surface area contributed by atoms with Crippen molar-refractivity contribution in [3.05, 3.63) is 72.1 Å². The number of fused-ring (bicyclic) bond motifs is 5. The van der Waals surface area contributed by atoms with Crippen LogP contribution < -0.4 is 4.90 Å². The van der Waals surface area contributed by atoms with Gasteiger partial charge in [0, 0.05) is 29.2 Å². The Balaban J connectivity index is 1.78. The maximum absolute atomic E-state index is 13.5. The molecule has 1 aliphatic rings. The lowest BCUT2D eigenvalue weighted by Crippen LogP contribution is -2.39. The molecule has 0 aliphatic carbocycles. The number of anilines is 1. The average molecular weight is 385 g/mol. The Hall–Kier alpha value is -3.67. The number of hydrogen-bond acceptors (Lipinski definition) is 4. The Kier molecular flexibility index (Phi) is 4.05. The third kappa shape index (κ3) is 2.68. The van der Waals surface area contributed by atoms with Crippen LogP contribution in [0.3, 0.4) is 0 Å². The second-order valence-corrected chi connectivity index (χ2v) is 7.07. The van der Waals surface area contributed by atoms with E-state index in [2.05, 4.69) is 4.98 Å². The van der Waals surface area contributed by atoms with Crippen molar-refractivity contribution in [2.24, 2.45) is 0 Å². The minimum atomic E-state index is -0.401. The van der Waals surface area contributed by atoms with E-state index in [1.165, 1.54) is 7.11 Å². The Labute approximate surface area is 167 Å². The summed E-state index contributed by atoms with van der Waals surface area (Å²) in [5.41, 5.74) is 3.94. The van der Waals surface area contributed by atoms with E-state index in [0.717, 1.165) is 33.1 Å². The molecule has 0 saturated carbocycles. The van der Waals surface area contributed by atoms with Crippen LogP contribution in [0.15, 0.2) is 60.8 Å².